The quantitative estimate of drug-likeness (QED) is 0.203. The maximum atomic E-state index is 6.30. The third kappa shape index (κ3) is 11.7. The number of halogens is 1. The maximum absolute atomic E-state index is 6.30. The Kier molecular flexibility index (Phi) is 16.7. The van der Waals surface area contributed by atoms with Crippen molar-refractivity contribution in [3.8, 4) is 0 Å². The molecule has 0 amide bonds. The van der Waals surface area contributed by atoms with E-state index in [2.05, 4.69) is 11.8 Å². The van der Waals surface area contributed by atoms with Gasteiger partial charge in [0.1, 0.15) is 0 Å². The lowest BCUT2D eigenvalue weighted by Gasteiger charge is -2.52. The van der Waals surface area contributed by atoms with Gasteiger partial charge in [0.25, 0.3) is 0 Å². The molecule has 3 aliphatic heterocycles. The van der Waals surface area contributed by atoms with E-state index in [0.29, 0.717) is 11.6 Å². The summed E-state index contributed by atoms with van der Waals surface area (Å²) in [4.78, 5) is 2.50. The molecule has 3 aliphatic rings. The number of hydrogen-bond acceptors (Lipinski definition) is 2. The first-order valence-electron chi connectivity index (χ1n) is 13.8. The van der Waals surface area contributed by atoms with Crippen LogP contribution >= 0.6 is 12.4 Å². The fourth-order valence-electron chi connectivity index (χ4n) is 5.86. The van der Waals surface area contributed by atoms with Gasteiger partial charge in [0.05, 0.1) is 6.17 Å². The van der Waals surface area contributed by atoms with Crippen molar-refractivity contribution in [3.63, 3.8) is 0 Å². The second-order valence-corrected chi connectivity index (χ2v) is 10.6. The van der Waals surface area contributed by atoms with Gasteiger partial charge in [-0.2, -0.15) is 0 Å². The number of nitrogens with zero attached hydrogens (tertiary/aromatic N) is 1. The van der Waals surface area contributed by atoms with Gasteiger partial charge in [0, 0.05) is 13.1 Å². The Bertz CT molecular complexity index is 379. The first-order valence-corrected chi connectivity index (χ1v) is 13.8. The number of piperidine rings is 3. The Morgan fingerprint density at radius 2 is 1.00 bits per heavy atom. The number of fused-ring (bicyclic) bond motifs is 3. The van der Waals surface area contributed by atoms with Gasteiger partial charge in [-0.1, -0.05) is 122 Å². The van der Waals surface area contributed by atoms with E-state index in [0.717, 1.165) is 0 Å². The predicted molar refractivity (Wildman–Crippen MR) is 136 cm³/mol. The van der Waals surface area contributed by atoms with Crippen LogP contribution in [0.5, 0.6) is 0 Å². The van der Waals surface area contributed by atoms with E-state index in [-0.39, 0.29) is 12.4 Å². The predicted octanol–water partition coefficient (Wildman–Crippen LogP) is 8.61. The molecular weight excluding hydrogens is 388 g/mol. The van der Waals surface area contributed by atoms with E-state index in [1.54, 1.807) is 0 Å². The van der Waals surface area contributed by atoms with Crippen LogP contribution in [0.1, 0.15) is 148 Å². The van der Waals surface area contributed by atoms with Crippen molar-refractivity contribution in [2.24, 2.45) is 11.1 Å². The molecule has 3 rings (SSSR count). The molecule has 1 unspecified atom stereocenters. The van der Waals surface area contributed by atoms with Crippen LogP contribution in [-0.4, -0.2) is 24.2 Å². The van der Waals surface area contributed by atoms with Gasteiger partial charge in [-0.3, -0.25) is 4.90 Å². The molecule has 0 spiro atoms. The maximum Gasteiger partial charge on any atom is 0.0577 e. The van der Waals surface area contributed by atoms with Crippen molar-refractivity contribution in [2.45, 2.75) is 154 Å². The Balaban J connectivity index is 0.00000450. The Hall–Kier alpha value is 0.210. The zero-order chi connectivity index (χ0) is 20.6. The van der Waals surface area contributed by atoms with Crippen LogP contribution < -0.4 is 5.73 Å². The summed E-state index contributed by atoms with van der Waals surface area (Å²) in [5.41, 5.74) is 6.93. The Morgan fingerprint density at radius 3 is 1.37 bits per heavy atom. The van der Waals surface area contributed by atoms with Crippen molar-refractivity contribution >= 4 is 12.4 Å². The van der Waals surface area contributed by atoms with E-state index < -0.39 is 0 Å². The van der Waals surface area contributed by atoms with Crippen LogP contribution in [0, 0.1) is 5.41 Å². The summed E-state index contributed by atoms with van der Waals surface area (Å²) in [6.07, 6.45) is 32.3. The molecule has 30 heavy (non-hydrogen) atoms. The molecule has 0 aromatic carbocycles. The highest BCUT2D eigenvalue weighted by atomic mass is 35.5. The van der Waals surface area contributed by atoms with Gasteiger partial charge in [-0.05, 0) is 31.1 Å². The smallest absolute Gasteiger partial charge is 0.0577 e. The molecule has 2 N–H and O–H groups in total. The third-order valence-electron chi connectivity index (χ3n) is 8.03. The molecule has 0 aliphatic carbocycles. The van der Waals surface area contributed by atoms with Crippen LogP contribution in [0.3, 0.4) is 0 Å². The zero-order valence-corrected chi connectivity index (χ0v) is 21.3. The highest BCUT2D eigenvalue weighted by molar-refractivity contribution is 5.85. The molecule has 0 aromatic heterocycles. The summed E-state index contributed by atoms with van der Waals surface area (Å²) in [7, 11) is 0. The summed E-state index contributed by atoms with van der Waals surface area (Å²) < 4.78 is 0. The average Bonchev–Trinajstić information content (AvgIpc) is 2.73. The lowest BCUT2D eigenvalue weighted by molar-refractivity contribution is -0.0245. The molecule has 0 radical (unpaired) electrons. The van der Waals surface area contributed by atoms with E-state index in [1.807, 2.05) is 0 Å². The highest BCUT2D eigenvalue weighted by Crippen LogP contribution is 2.45. The fourth-order valence-corrected chi connectivity index (χ4v) is 5.86. The molecule has 2 bridgehead atoms. The Morgan fingerprint density at radius 1 is 0.633 bits per heavy atom. The van der Waals surface area contributed by atoms with Gasteiger partial charge >= 0.3 is 0 Å². The second-order valence-electron chi connectivity index (χ2n) is 10.6. The first kappa shape index (κ1) is 28.2. The standard InChI is InChI=1S/C27H54N2.ClH/c1-2-3-4-5-6-7-8-9-10-11-12-13-14-15-16-17-18-19-20-27-21-23-29(24-22-27)26(28)25-27;/h26H,2-25,28H2,1H3;1H. The van der Waals surface area contributed by atoms with E-state index in [9.17, 15) is 0 Å². The van der Waals surface area contributed by atoms with E-state index >= 15 is 0 Å². The van der Waals surface area contributed by atoms with Crippen molar-refractivity contribution in [3.05, 3.63) is 0 Å². The van der Waals surface area contributed by atoms with Gasteiger partial charge in [-0.25, -0.2) is 0 Å². The average molecular weight is 443 g/mol. The molecule has 1 atom stereocenters. The second kappa shape index (κ2) is 17.7. The molecule has 180 valence electrons. The highest BCUT2D eigenvalue weighted by Gasteiger charge is 2.42. The minimum Gasteiger partial charge on any atom is -0.316 e. The summed E-state index contributed by atoms with van der Waals surface area (Å²) in [6, 6.07) is 0. The van der Waals surface area contributed by atoms with Crippen LogP contribution in [0.15, 0.2) is 0 Å². The lowest BCUT2D eigenvalue weighted by atomic mass is 9.68. The van der Waals surface area contributed by atoms with Gasteiger partial charge in [0.2, 0.25) is 0 Å². The number of unbranched alkanes of at least 4 members (excludes halogenated alkanes) is 17. The van der Waals surface area contributed by atoms with Crippen LogP contribution in [0.2, 0.25) is 0 Å². The molecule has 3 heteroatoms. The van der Waals surface area contributed by atoms with Crippen molar-refractivity contribution in [1.29, 1.82) is 0 Å². The summed E-state index contributed by atoms with van der Waals surface area (Å²) in [5, 5.41) is 0. The normalized spacial score (nSPS) is 25.4. The molecule has 3 heterocycles. The summed E-state index contributed by atoms with van der Waals surface area (Å²) in [5.74, 6) is 0. The minimum atomic E-state index is 0. The van der Waals surface area contributed by atoms with Gasteiger partial charge in [0.15, 0.2) is 0 Å². The molecule has 3 saturated heterocycles. The largest absolute Gasteiger partial charge is 0.316 e. The number of rotatable bonds is 19. The van der Waals surface area contributed by atoms with E-state index in [1.165, 1.54) is 154 Å². The molecule has 0 aromatic rings. The molecular formula is C27H55ClN2. The molecule has 2 nitrogen and oxygen atoms in total. The number of nitrogens with two attached hydrogens (primary N) is 1. The fraction of sp³-hybridized carbons (Fsp3) is 1.00. The first-order chi connectivity index (χ1) is 14.3. The van der Waals surface area contributed by atoms with Crippen LogP contribution in [0.4, 0.5) is 0 Å². The van der Waals surface area contributed by atoms with Crippen molar-refractivity contribution in [1.82, 2.24) is 4.90 Å². The van der Waals surface area contributed by atoms with E-state index in [4.69, 9.17) is 5.73 Å². The summed E-state index contributed by atoms with van der Waals surface area (Å²) in [6.45, 7) is 4.83. The van der Waals surface area contributed by atoms with Gasteiger partial charge in [-0.15, -0.1) is 12.4 Å². The monoisotopic (exact) mass is 442 g/mol. The topological polar surface area (TPSA) is 29.3 Å². The minimum absolute atomic E-state index is 0. The van der Waals surface area contributed by atoms with Crippen molar-refractivity contribution < 1.29 is 0 Å². The van der Waals surface area contributed by atoms with Crippen molar-refractivity contribution in [2.75, 3.05) is 13.1 Å². The molecule has 0 saturated carbocycles. The number of hydrogen-bond donors (Lipinski definition) is 1. The lowest BCUT2D eigenvalue weighted by Crippen LogP contribution is -2.57. The van der Waals surface area contributed by atoms with Gasteiger partial charge < -0.3 is 5.73 Å². The molecule has 3 fully saturated rings. The Labute approximate surface area is 195 Å². The zero-order valence-electron chi connectivity index (χ0n) is 20.5. The van der Waals surface area contributed by atoms with Crippen LogP contribution in [-0.2, 0) is 0 Å². The SMILES string of the molecule is CCCCCCCCCCCCCCCCCCCCC12CCN(CC1)C(N)C2.Cl. The third-order valence-corrected chi connectivity index (χ3v) is 8.03. The van der Waals surface area contributed by atoms with Crippen LogP contribution in [0.25, 0.3) is 0 Å². The summed E-state index contributed by atoms with van der Waals surface area (Å²) >= 11 is 0.